The normalized spacial score (nSPS) is 10.5. The van der Waals surface area contributed by atoms with Crippen LogP contribution in [0, 0.1) is 17.0 Å². The van der Waals surface area contributed by atoms with Gasteiger partial charge in [-0.25, -0.2) is 4.98 Å². The average molecular weight is 356 g/mol. The van der Waals surface area contributed by atoms with Gasteiger partial charge in [-0.1, -0.05) is 17.8 Å². The molecule has 1 heterocycles. The third-order valence-corrected chi connectivity index (χ3v) is 4.05. The standard InChI is InChI=1S/C12H10BrN3O3S/c1-7-4-11(17)15-12(14-7)20-6-8-2-3-9(13)10(5-8)16(18)19/h2-5H,6H2,1H3,(H,14,15,17). The average Bonchev–Trinajstić information content (AvgIpc) is 2.36. The summed E-state index contributed by atoms with van der Waals surface area (Å²) in [6, 6.07) is 6.35. The molecule has 0 saturated heterocycles. The highest BCUT2D eigenvalue weighted by atomic mass is 79.9. The summed E-state index contributed by atoms with van der Waals surface area (Å²) in [4.78, 5) is 28.5. The molecule has 8 heteroatoms. The van der Waals surface area contributed by atoms with Crippen molar-refractivity contribution in [2.24, 2.45) is 0 Å². The second kappa shape index (κ2) is 6.19. The Balaban J connectivity index is 2.16. The largest absolute Gasteiger partial charge is 0.301 e. The molecular weight excluding hydrogens is 346 g/mol. The zero-order valence-corrected chi connectivity index (χ0v) is 12.8. The molecule has 0 radical (unpaired) electrons. The zero-order valence-electron chi connectivity index (χ0n) is 10.4. The van der Waals surface area contributed by atoms with Gasteiger partial charge in [-0.15, -0.1) is 0 Å². The summed E-state index contributed by atoms with van der Waals surface area (Å²) in [5, 5.41) is 11.3. The van der Waals surface area contributed by atoms with E-state index in [1.165, 1.54) is 23.9 Å². The number of aromatic nitrogens is 2. The van der Waals surface area contributed by atoms with E-state index < -0.39 is 4.92 Å². The first-order valence-electron chi connectivity index (χ1n) is 5.59. The number of hydrogen-bond acceptors (Lipinski definition) is 5. The number of nitro groups is 1. The maximum Gasteiger partial charge on any atom is 0.283 e. The van der Waals surface area contributed by atoms with Crippen LogP contribution in [0.1, 0.15) is 11.3 Å². The van der Waals surface area contributed by atoms with E-state index in [1.807, 2.05) is 0 Å². The molecule has 1 N–H and O–H groups in total. The van der Waals surface area contributed by atoms with E-state index in [0.717, 1.165) is 5.56 Å². The van der Waals surface area contributed by atoms with Gasteiger partial charge >= 0.3 is 0 Å². The third kappa shape index (κ3) is 3.67. The molecule has 0 fully saturated rings. The lowest BCUT2D eigenvalue weighted by atomic mass is 10.2. The maximum absolute atomic E-state index is 11.3. The minimum absolute atomic E-state index is 0.0220. The molecule has 0 aliphatic carbocycles. The molecule has 2 rings (SSSR count). The van der Waals surface area contributed by atoms with Crippen LogP contribution in [0.3, 0.4) is 0 Å². The van der Waals surface area contributed by atoms with Crippen molar-refractivity contribution in [1.82, 2.24) is 9.97 Å². The van der Waals surface area contributed by atoms with Gasteiger partial charge < -0.3 is 4.98 Å². The Hall–Kier alpha value is -1.67. The van der Waals surface area contributed by atoms with Gasteiger partial charge in [-0.2, -0.15) is 0 Å². The number of halogens is 1. The Morgan fingerprint density at radius 1 is 1.45 bits per heavy atom. The molecule has 0 aliphatic heterocycles. The fourth-order valence-corrected chi connectivity index (χ4v) is 2.82. The number of hydrogen-bond donors (Lipinski definition) is 1. The van der Waals surface area contributed by atoms with Gasteiger partial charge in [0.1, 0.15) is 0 Å². The van der Waals surface area contributed by atoms with E-state index in [-0.39, 0.29) is 11.2 Å². The first-order valence-corrected chi connectivity index (χ1v) is 7.37. The van der Waals surface area contributed by atoms with Crippen LogP contribution in [0.4, 0.5) is 5.69 Å². The van der Waals surface area contributed by atoms with Crippen molar-refractivity contribution in [3.8, 4) is 0 Å². The summed E-state index contributed by atoms with van der Waals surface area (Å²) in [7, 11) is 0. The predicted molar refractivity (Wildman–Crippen MR) is 80.0 cm³/mol. The van der Waals surface area contributed by atoms with E-state index in [0.29, 0.717) is 21.1 Å². The quantitative estimate of drug-likeness (QED) is 0.394. The molecule has 104 valence electrons. The van der Waals surface area contributed by atoms with Crippen LogP contribution in [0.2, 0.25) is 0 Å². The van der Waals surface area contributed by atoms with Gasteiger partial charge in [0.15, 0.2) is 5.16 Å². The van der Waals surface area contributed by atoms with Crippen molar-refractivity contribution in [2.75, 3.05) is 0 Å². The van der Waals surface area contributed by atoms with Crippen molar-refractivity contribution >= 4 is 33.4 Å². The number of benzene rings is 1. The molecule has 2 aromatic rings. The van der Waals surface area contributed by atoms with E-state index in [2.05, 4.69) is 25.9 Å². The Kier molecular flexibility index (Phi) is 4.56. The number of nitrogens with one attached hydrogen (secondary N) is 1. The highest BCUT2D eigenvalue weighted by molar-refractivity contribution is 9.10. The van der Waals surface area contributed by atoms with Crippen molar-refractivity contribution in [1.29, 1.82) is 0 Å². The molecule has 6 nitrogen and oxygen atoms in total. The first kappa shape index (κ1) is 14.7. The Morgan fingerprint density at radius 3 is 2.85 bits per heavy atom. The van der Waals surface area contributed by atoms with E-state index in [4.69, 9.17) is 0 Å². The molecule has 1 aromatic carbocycles. The summed E-state index contributed by atoms with van der Waals surface area (Å²) >= 11 is 4.46. The maximum atomic E-state index is 11.3. The highest BCUT2D eigenvalue weighted by Crippen LogP contribution is 2.28. The minimum atomic E-state index is -0.439. The highest BCUT2D eigenvalue weighted by Gasteiger charge is 2.12. The smallest absolute Gasteiger partial charge is 0.283 e. The Morgan fingerprint density at radius 2 is 2.20 bits per heavy atom. The summed E-state index contributed by atoms with van der Waals surface area (Å²) in [6.45, 7) is 1.74. The number of nitro benzene ring substituents is 1. The molecule has 0 atom stereocenters. The number of thioether (sulfide) groups is 1. The lowest BCUT2D eigenvalue weighted by Crippen LogP contribution is -2.08. The van der Waals surface area contributed by atoms with Gasteiger partial charge in [0, 0.05) is 23.6 Å². The number of aryl methyl sites for hydroxylation is 1. The van der Waals surface area contributed by atoms with Crippen LogP contribution in [0.15, 0.2) is 38.7 Å². The third-order valence-electron chi connectivity index (χ3n) is 2.43. The monoisotopic (exact) mass is 355 g/mol. The van der Waals surface area contributed by atoms with Crippen molar-refractivity contribution < 1.29 is 4.92 Å². The summed E-state index contributed by atoms with van der Waals surface area (Å²) < 4.78 is 0.443. The Labute approximate surface area is 126 Å². The fraction of sp³-hybridized carbons (Fsp3) is 0.167. The molecule has 0 saturated carbocycles. The Bertz CT molecular complexity index is 717. The van der Waals surface area contributed by atoms with Crippen molar-refractivity contribution in [3.05, 3.63) is 60.5 Å². The van der Waals surface area contributed by atoms with E-state index >= 15 is 0 Å². The van der Waals surface area contributed by atoms with Crippen LogP contribution in [-0.4, -0.2) is 14.9 Å². The molecular formula is C12H10BrN3O3S. The topological polar surface area (TPSA) is 88.9 Å². The molecule has 0 unspecified atom stereocenters. The summed E-state index contributed by atoms with van der Waals surface area (Å²) in [5.41, 5.74) is 1.24. The van der Waals surface area contributed by atoms with Crippen molar-refractivity contribution in [3.63, 3.8) is 0 Å². The molecule has 20 heavy (non-hydrogen) atoms. The van der Waals surface area contributed by atoms with E-state index in [9.17, 15) is 14.9 Å². The van der Waals surface area contributed by atoms with Crippen LogP contribution < -0.4 is 5.56 Å². The summed E-state index contributed by atoms with van der Waals surface area (Å²) in [6.07, 6.45) is 0. The van der Waals surface area contributed by atoms with Crippen LogP contribution in [-0.2, 0) is 5.75 Å². The van der Waals surface area contributed by atoms with E-state index in [1.54, 1.807) is 19.1 Å². The molecule has 0 aliphatic rings. The number of aromatic amines is 1. The van der Waals surface area contributed by atoms with Gasteiger partial charge in [0.25, 0.3) is 11.2 Å². The van der Waals surface area contributed by atoms with Crippen LogP contribution in [0.25, 0.3) is 0 Å². The minimum Gasteiger partial charge on any atom is -0.301 e. The number of H-pyrrole nitrogens is 1. The lowest BCUT2D eigenvalue weighted by molar-refractivity contribution is -0.385. The van der Waals surface area contributed by atoms with Crippen molar-refractivity contribution in [2.45, 2.75) is 17.8 Å². The van der Waals surface area contributed by atoms with Crippen LogP contribution >= 0.6 is 27.7 Å². The van der Waals surface area contributed by atoms with Gasteiger partial charge in [-0.3, -0.25) is 14.9 Å². The lowest BCUT2D eigenvalue weighted by Gasteiger charge is -2.03. The van der Waals surface area contributed by atoms with Gasteiger partial charge in [0.05, 0.1) is 9.40 Å². The zero-order chi connectivity index (χ0) is 14.7. The molecule has 0 bridgehead atoms. The molecule has 0 spiro atoms. The molecule has 0 amide bonds. The fourth-order valence-electron chi connectivity index (χ4n) is 1.56. The SMILES string of the molecule is Cc1cc(=O)[nH]c(SCc2ccc(Br)c([N+](=O)[O-])c2)n1. The second-order valence-corrected chi connectivity index (χ2v) is 5.84. The van der Waals surface area contributed by atoms with Gasteiger partial charge in [-0.05, 0) is 34.5 Å². The number of rotatable bonds is 4. The number of nitrogens with zero attached hydrogens (tertiary/aromatic N) is 2. The van der Waals surface area contributed by atoms with Crippen LogP contribution in [0.5, 0.6) is 0 Å². The summed E-state index contributed by atoms with van der Waals surface area (Å²) in [5.74, 6) is 0.487. The predicted octanol–water partition coefficient (Wildman–Crippen LogP) is 3.04. The first-order chi connectivity index (χ1) is 9.45. The van der Waals surface area contributed by atoms with Gasteiger partial charge in [0.2, 0.25) is 0 Å². The molecule has 1 aromatic heterocycles. The second-order valence-electron chi connectivity index (χ2n) is 4.02.